The minimum Gasteiger partial charge on any atom is -0.493 e. The second kappa shape index (κ2) is 8.38. The monoisotopic (exact) mass is 354 g/mol. The number of carbonyl (C=O) groups excluding carboxylic acids is 1. The van der Waals surface area contributed by atoms with Crippen molar-refractivity contribution in [3.63, 3.8) is 0 Å². The van der Waals surface area contributed by atoms with Crippen LogP contribution in [0.5, 0.6) is 11.5 Å². The molecule has 136 valence electrons. The molecule has 1 fully saturated rings. The quantitative estimate of drug-likeness (QED) is 0.371. The van der Waals surface area contributed by atoms with Crippen molar-refractivity contribution in [1.82, 2.24) is 0 Å². The molecular formula is C20H22N2O4. The van der Waals surface area contributed by atoms with Crippen LogP contribution in [0.25, 0.3) is 0 Å². The summed E-state index contributed by atoms with van der Waals surface area (Å²) in [6.07, 6.45) is 4.60. The van der Waals surface area contributed by atoms with Gasteiger partial charge in [-0.25, -0.2) is 4.79 Å². The first-order valence-corrected chi connectivity index (χ1v) is 8.62. The lowest BCUT2D eigenvalue weighted by atomic mass is 10.2. The van der Waals surface area contributed by atoms with E-state index in [-0.39, 0.29) is 11.9 Å². The topological polar surface area (TPSA) is 83.1 Å². The Morgan fingerprint density at radius 1 is 1.04 bits per heavy atom. The van der Waals surface area contributed by atoms with E-state index in [1.54, 1.807) is 49.6 Å². The molecule has 0 heterocycles. The Labute approximate surface area is 152 Å². The standard InChI is InChI=1S/C20H22N2O4/c1-24-17-12-11-15(13-18(17)25-16-9-5-6-10-16)19(21)22-26-20(23)14-7-3-2-4-8-14/h2-4,7-8,11-13,16H,5-6,9-10H2,1H3,(H2,21,22). The van der Waals surface area contributed by atoms with Gasteiger partial charge in [-0.05, 0) is 56.0 Å². The van der Waals surface area contributed by atoms with Crippen LogP contribution >= 0.6 is 0 Å². The fourth-order valence-electron chi connectivity index (χ4n) is 2.88. The highest BCUT2D eigenvalue weighted by atomic mass is 16.7. The van der Waals surface area contributed by atoms with E-state index in [0.29, 0.717) is 22.6 Å². The summed E-state index contributed by atoms with van der Waals surface area (Å²) in [4.78, 5) is 16.9. The van der Waals surface area contributed by atoms with Crippen LogP contribution in [0.4, 0.5) is 0 Å². The summed E-state index contributed by atoms with van der Waals surface area (Å²) in [7, 11) is 1.59. The van der Waals surface area contributed by atoms with Crippen molar-refractivity contribution in [2.24, 2.45) is 10.9 Å². The maximum Gasteiger partial charge on any atom is 0.365 e. The molecule has 6 nitrogen and oxygen atoms in total. The molecule has 2 N–H and O–H groups in total. The van der Waals surface area contributed by atoms with Gasteiger partial charge in [0.15, 0.2) is 17.3 Å². The third kappa shape index (κ3) is 4.33. The Balaban J connectivity index is 1.73. The average molecular weight is 354 g/mol. The van der Waals surface area contributed by atoms with Gasteiger partial charge in [-0.15, -0.1) is 0 Å². The predicted octanol–water partition coefficient (Wildman–Crippen LogP) is 3.49. The normalized spacial score (nSPS) is 14.9. The van der Waals surface area contributed by atoms with E-state index in [9.17, 15) is 4.79 Å². The van der Waals surface area contributed by atoms with E-state index >= 15 is 0 Å². The molecule has 0 aliphatic heterocycles. The lowest BCUT2D eigenvalue weighted by molar-refractivity contribution is 0.0516. The summed E-state index contributed by atoms with van der Waals surface area (Å²) in [5.41, 5.74) is 6.97. The SMILES string of the molecule is COc1ccc(/C(N)=N\OC(=O)c2ccccc2)cc1OC1CCCC1. The number of nitrogens with two attached hydrogens (primary N) is 1. The molecule has 6 heteroatoms. The molecule has 3 rings (SSSR count). The summed E-state index contributed by atoms with van der Waals surface area (Å²) in [6, 6.07) is 13.9. The Morgan fingerprint density at radius 3 is 2.46 bits per heavy atom. The highest BCUT2D eigenvalue weighted by molar-refractivity contribution is 5.98. The van der Waals surface area contributed by atoms with Crippen molar-refractivity contribution in [2.45, 2.75) is 31.8 Å². The lowest BCUT2D eigenvalue weighted by Gasteiger charge is -2.16. The zero-order valence-corrected chi connectivity index (χ0v) is 14.7. The summed E-state index contributed by atoms with van der Waals surface area (Å²) in [6.45, 7) is 0. The highest BCUT2D eigenvalue weighted by Crippen LogP contribution is 2.32. The number of methoxy groups -OCH3 is 1. The summed E-state index contributed by atoms with van der Waals surface area (Å²) in [5.74, 6) is 0.775. The molecular weight excluding hydrogens is 332 g/mol. The van der Waals surface area contributed by atoms with Gasteiger partial charge in [0.05, 0.1) is 18.8 Å². The lowest BCUT2D eigenvalue weighted by Crippen LogP contribution is -2.16. The maximum atomic E-state index is 11.9. The van der Waals surface area contributed by atoms with Gasteiger partial charge in [-0.3, -0.25) is 0 Å². The molecule has 1 saturated carbocycles. The molecule has 0 aromatic heterocycles. The number of hydrogen-bond acceptors (Lipinski definition) is 5. The largest absolute Gasteiger partial charge is 0.493 e. The fraction of sp³-hybridized carbons (Fsp3) is 0.300. The van der Waals surface area contributed by atoms with Crippen LogP contribution in [0.2, 0.25) is 0 Å². The molecule has 1 aliphatic carbocycles. The second-order valence-corrected chi connectivity index (χ2v) is 6.11. The van der Waals surface area contributed by atoms with Crippen LogP contribution < -0.4 is 15.2 Å². The van der Waals surface area contributed by atoms with Crippen molar-refractivity contribution in [2.75, 3.05) is 7.11 Å². The fourth-order valence-corrected chi connectivity index (χ4v) is 2.88. The van der Waals surface area contributed by atoms with Gasteiger partial charge < -0.3 is 20.0 Å². The van der Waals surface area contributed by atoms with Crippen LogP contribution in [0.3, 0.4) is 0 Å². The van der Waals surface area contributed by atoms with E-state index in [1.165, 1.54) is 12.8 Å². The summed E-state index contributed by atoms with van der Waals surface area (Å²) in [5, 5.41) is 3.75. The number of benzene rings is 2. The number of ether oxygens (including phenoxy) is 2. The molecule has 0 amide bonds. The minimum absolute atomic E-state index is 0.0909. The predicted molar refractivity (Wildman–Crippen MR) is 98.5 cm³/mol. The molecule has 0 unspecified atom stereocenters. The van der Waals surface area contributed by atoms with Gasteiger partial charge in [0.25, 0.3) is 0 Å². The second-order valence-electron chi connectivity index (χ2n) is 6.11. The molecule has 0 spiro atoms. The molecule has 0 atom stereocenters. The number of nitrogens with zero attached hydrogens (tertiary/aromatic N) is 1. The highest BCUT2D eigenvalue weighted by Gasteiger charge is 2.19. The smallest absolute Gasteiger partial charge is 0.365 e. The Kier molecular flexibility index (Phi) is 5.73. The number of oxime groups is 1. The van der Waals surface area contributed by atoms with Gasteiger partial charge in [0.2, 0.25) is 0 Å². The minimum atomic E-state index is -0.565. The van der Waals surface area contributed by atoms with Gasteiger partial charge in [0, 0.05) is 5.56 Å². The zero-order valence-electron chi connectivity index (χ0n) is 14.7. The Bertz CT molecular complexity index is 784. The van der Waals surface area contributed by atoms with E-state index in [0.717, 1.165) is 12.8 Å². The number of rotatable bonds is 6. The zero-order chi connectivity index (χ0) is 18.4. The molecule has 0 radical (unpaired) electrons. The van der Waals surface area contributed by atoms with Gasteiger partial charge in [-0.2, -0.15) is 0 Å². The van der Waals surface area contributed by atoms with Crippen LogP contribution in [0.1, 0.15) is 41.6 Å². The number of hydrogen-bond donors (Lipinski definition) is 1. The van der Waals surface area contributed by atoms with Crippen LogP contribution in [0.15, 0.2) is 53.7 Å². The molecule has 2 aromatic rings. The van der Waals surface area contributed by atoms with Crippen LogP contribution in [-0.2, 0) is 4.84 Å². The summed E-state index contributed by atoms with van der Waals surface area (Å²) < 4.78 is 11.4. The molecule has 0 saturated heterocycles. The van der Waals surface area contributed by atoms with Crippen LogP contribution in [-0.4, -0.2) is 25.0 Å². The van der Waals surface area contributed by atoms with E-state index in [4.69, 9.17) is 20.0 Å². The van der Waals surface area contributed by atoms with Crippen LogP contribution in [0, 0.1) is 0 Å². The first-order chi connectivity index (χ1) is 12.7. The van der Waals surface area contributed by atoms with Gasteiger partial charge >= 0.3 is 5.97 Å². The molecule has 2 aromatic carbocycles. The molecule has 0 bridgehead atoms. The van der Waals surface area contributed by atoms with Gasteiger partial charge in [0.1, 0.15) is 0 Å². The number of amidine groups is 1. The first kappa shape index (κ1) is 17.8. The molecule has 26 heavy (non-hydrogen) atoms. The molecule has 1 aliphatic rings. The number of carbonyl (C=O) groups is 1. The maximum absolute atomic E-state index is 11.9. The Morgan fingerprint density at radius 2 is 1.77 bits per heavy atom. The van der Waals surface area contributed by atoms with Crippen molar-refractivity contribution >= 4 is 11.8 Å². The van der Waals surface area contributed by atoms with Crippen molar-refractivity contribution < 1.29 is 19.1 Å². The summed E-state index contributed by atoms with van der Waals surface area (Å²) >= 11 is 0. The third-order valence-electron chi connectivity index (χ3n) is 4.29. The van der Waals surface area contributed by atoms with E-state index in [2.05, 4.69) is 5.16 Å². The van der Waals surface area contributed by atoms with E-state index in [1.807, 2.05) is 6.07 Å². The Hall–Kier alpha value is -3.02. The van der Waals surface area contributed by atoms with E-state index < -0.39 is 5.97 Å². The average Bonchev–Trinajstić information content (AvgIpc) is 3.19. The first-order valence-electron chi connectivity index (χ1n) is 8.62. The van der Waals surface area contributed by atoms with Gasteiger partial charge in [-0.1, -0.05) is 23.4 Å². The van der Waals surface area contributed by atoms with Crippen molar-refractivity contribution in [3.05, 3.63) is 59.7 Å². The van der Waals surface area contributed by atoms with Crippen molar-refractivity contribution in [1.29, 1.82) is 0 Å². The van der Waals surface area contributed by atoms with Crippen molar-refractivity contribution in [3.8, 4) is 11.5 Å². The third-order valence-corrected chi connectivity index (χ3v) is 4.29.